The van der Waals surface area contributed by atoms with Gasteiger partial charge in [-0.1, -0.05) is 24.3 Å². The first-order chi connectivity index (χ1) is 13.7. The number of para-hydroxylation sites is 1. The molecule has 0 aliphatic carbocycles. The van der Waals surface area contributed by atoms with Crippen LogP contribution >= 0.6 is 0 Å². The van der Waals surface area contributed by atoms with Crippen molar-refractivity contribution in [2.24, 2.45) is 5.92 Å². The summed E-state index contributed by atoms with van der Waals surface area (Å²) in [5.41, 5.74) is 2.91. The highest BCUT2D eigenvalue weighted by Crippen LogP contribution is 2.27. The Morgan fingerprint density at radius 3 is 2.93 bits per heavy atom. The number of aromatic nitrogens is 3. The summed E-state index contributed by atoms with van der Waals surface area (Å²) in [5.74, 6) is 0.532. The number of benzene rings is 1. The lowest BCUT2D eigenvalue weighted by molar-refractivity contribution is -0.122. The van der Waals surface area contributed by atoms with Crippen LogP contribution in [0.4, 0.5) is 5.69 Å². The fraction of sp³-hybridized carbons (Fsp3) is 0.238. The Labute approximate surface area is 162 Å². The summed E-state index contributed by atoms with van der Waals surface area (Å²) < 4.78 is 1.82. The summed E-state index contributed by atoms with van der Waals surface area (Å²) in [7, 11) is 0. The van der Waals surface area contributed by atoms with Gasteiger partial charge in [0, 0.05) is 43.2 Å². The minimum atomic E-state index is -0.170. The molecule has 0 fully saturated rings. The fourth-order valence-electron chi connectivity index (χ4n) is 3.31. The molecule has 7 heteroatoms. The molecule has 3 aromatic rings. The summed E-state index contributed by atoms with van der Waals surface area (Å²) >= 11 is 0. The molecule has 0 bridgehead atoms. The van der Waals surface area contributed by atoms with E-state index in [2.05, 4.69) is 20.6 Å². The lowest BCUT2D eigenvalue weighted by atomic mass is 9.89. The molecule has 3 heterocycles. The number of pyridine rings is 1. The molecule has 1 aromatic carbocycles. The predicted octanol–water partition coefficient (Wildman–Crippen LogP) is 2.47. The molecule has 1 aliphatic heterocycles. The summed E-state index contributed by atoms with van der Waals surface area (Å²) in [6.07, 6.45) is 8.47. The first-order valence-corrected chi connectivity index (χ1v) is 9.28. The number of fused-ring (bicyclic) bond motifs is 1. The van der Waals surface area contributed by atoms with E-state index < -0.39 is 0 Å². The van der Waals surface area contributed by atoms with E-state index in [0.29, 0.717) is 25.8 Å². The highest BCUT2D eigenvalue weighted by atomic mass is 16.2. The van der Waals surface area contributed by atoms with Gasteiger partial charge in [-0.3, -0.25) is 14.2 Å². The van der Waals surface area contributed by atoms with E-state index >= 15 is 0 Å². The molecule has 0 radical (unpaired) electrons. The highest BCUT2D eigenvalue weighted by Gasteiger charge is 2.26. The molecule has 1 unspecified atom stereocenters. The molecular weight excluding hydrogens is 354 g/mol. The van der Waals surface area contributed by atoms with E-state index in [1.54, 1.807) is 18.7 Å². The van der Waals surface area contributed by atoms with Crippen molar-refractivity contribution in [1.29, 1.82) is 0 Å². The van der Waals surface area contributed by atoms with Gasteiger partial charge in [-0.2, -0.15) is 0 Å². The maximum atomic E-state index is 12.2. The number of amides is 2. The van der Waals surface area contributed by atoms with E-state index in [4.69, 9.17) is 0 Å². The molecule has 142 valence electrons. The van der Waals surface area contributed by atoms with Crippen LogP contribution in [0.2, 0.25) is 0 Å². The van der Waals surface area contributed by atoms with Crippen LogP contribution in [-0.4, -0.2) is 26.3 Å². The van der Waals surface area contributed by atoms with E-state index in [1.807, 2.05) is 47.2 Å². The van der Waals surface area contributed by atoms with Gasteiger partial charge in [-0.05, 0) is 36.1 Å². The molecular formula is C21H21N5O2. The largest absolute Gasteiger partial charge is 0.352 e. The van der Waals surface area contributed by atoms with E-state index in [-0.39, 0.29) is 17.7 Å². The van der Waals surface area contributed by atoms with Crippen LogP contribution in [0, 0.1) is 5.92 Å². The normalized spacial score (nSPS) is 15.6. The number of imidazole rings is 1. The average molecular weight is 375 g/mol. The third kappa shape index (κ3) is 4.09. The molecule has 7 nitrogen and oxygen atoms in total. The van der Waals surface area contributed by atoms with Crippen LogP contribution in [0.1, 0.15) is 24.0 Å². The predicted molar refractivity (Wildman–Crippen MR) is 105 cm³/mol. The molecule has 2 aromatic heterocycles. The third-order valence-electron chi connectivity index (χ3n) is 4.90. The number of rotatable bonds is 6. The number of anilines is 1. The van der Waals surface area contributed by atoms with E-state index in [9.17, 15) is 9.59 Å². The van der Waals surface area contributed by atoms with Gasteiger partial charge in [0.15, 0.2) is 0 Å². The molecule has 2 N–H and O–H groups in total. The Kier molecular flexibility index (Phi) is 5.14. The SMILES string of the molecule is O=C(CCC1Cc2ccccc2NC1=O)NCc1ccc(-n2ccnc2)nc1. The lowest BCUT2D eigenvalue weighted by Crippen LogP contribution is -2.31. The zero-order valence-electron chi connectivity index (χ0n) is 15.3. The minimum absolute atomic E-state index is 0.00853. The highest BCUT2D eigenvalue weighted by molar-refractivity contribution is 5.96. The number of carbonyl (C=O) groups is 2. The van der Waals surface area contributed by atoms with Crippen molar-refractivity contribution in [3.05, 3.63) is 72.4 Å². The number of hydrogen-bond donors (Lipinski definition) is 2. The van der Waals surface area contributed by atoms with Crippen molar-refractivity contribution in [3.8, 4) is 5.82 Å². The van der Waals surface area contributed by atoms with Crippen LogP contribution in [0.3, 0.4) is 0 Å². The zero-order chi connectivity index (χ0) is 19.3. The Hall–Kier alpha value is -3.48. The smallest absolute Gasteiger partial charge is 0.227 e. The molecule has 0 saturated heterocycles. The molecule has 28 heavy (non-hydrogen) atoms. The van der Waals surface area contributed by atoms with Crippen LogP contribution in [0.5, 0.6) is 0 Å². The van der Waals surface area contributed by atoms with Gasteiger partial charge in [0.25, 0.3) is 0 Å². The van der Waals surface area contributed by atoms with Gasteiger partial charge in [0.05, 0.1) is 0 Å². The molecule has 0 saturated carbocycles. The lowest BCUT2D eigenvalue weighted by Gasteiger charge is -2.24. The summed E-state index contributed by atoms with van der Waals surface area (Å²) in [6, 6.07) is 11.6. The standard InChI is InChI=1S/C21H21N5O2/c27-20(8-6-17-11-16-3-1-2-4-18(16)25-21(17)28)24-13-15-5-7-19(23-12-15)26-10-9-22-14-26/h1-5,7,9-10,12,14,17H,6,8,11,13H2,(H,24,27)(H,25,28). The van der Waals surface area contributed by atoms with E-state index in [1.165, 1.54) is 0 Å². The molecule has 1 atom stereocenters. The summed E-state index contributed by atoms with van der Waals surface area (Å²) in [4.78, 5) is 32.8. The van der Waals surface area contributed by atoms with Crippen LogP contribution in [0.25, 0.3) is 5.82 Å². The van der Waals surface area contributed by atoms with Gasteiger partial charge >= 0.3 is 0 Å². The van der Waals surface area contributed by atoms with Crippen LogP contribution < -0.4 is 10.6 Å². The second-order valence-corrected chi connectivity index (χ2v) is 6.86. The van der Waals surface area contributed by atoms with Crippen molar-refractivity contribution in [2.45, 2.75) is 25.8 Å². The van der Waals surface area contributed by atoms with Crippen molar-refractivity contribution in [3.63, 3.8) is 0 Å². The Bertz CT molecular complexity index is 967. The monoisotopic (exact) mass is 375 g/mol. The van der Waals surface area contributed by atoms with Crippen LogP contribution in [0.15, 0.2) is 61.3 Å². The minimum Gasteiger partial charge on any atom is -0.352 e. The van der Waals surface area contributed by atoms with Crippen molar-refractivity contribution >= 4 is 17.5 Å². The Morgan fingerprint density at radius 1 is 1.25 bits per heavy atom. The first-order valence-electron chi connectivity index (χ1n) is 9.28. The average Bonchev–Trinajstić information content (AvgIpc) is 3.26. The number of hydrogen-bond acceptors (Lipinski definition) is 4. The third-order valence-corrected chi connectivity index (χ3v) is 4.90. The second-order valence-electron chi connectivity index (χ2n) is 6.86. The van der Waals surface area contributed by atoms with Crippen LogP contribution in [-0.2, 0) is 22.6 Å². The van der Waals surface area contributed by atoms with Crippen molar-refractivity contribution in [2.75, 3.05) is 5.32 Å². The van der Waals surface area contributed by atoms with Crippen molar-refractivity contribution < 1.29 is 9.59 Å². The fourth-order valence-corrected chi connectivity index (χ4v) is 3.31. The molecule has 0 spiro atoms. The Balaban J connectivity index is 1.25. The number of nitrogens with zero attached hydrogens (tertiary/aromatic N) is 3. The number of nitrogens with one attached hydrogen (secondary N) is 2. The van der Waals surface area contributed by atoms with Gasteiger partial charge in [0.1, 0.15) is 12.1 Å². The maximum absolute atomic E-state index is 12.2. The molecule has 2 amide bonds. The topological polar surface area (TPSA) is 88.9 Å². The first kappa shape index (κ1) is 17.9. The molecule has 1 aliphatic rings. The maximum Gasteiger partial charge on any atom is 0.227 e. The van der Waals surface area contributed by atoms with Gasteiger partial charge in [0.2, 0.25) is 11.8 Å². The second kappa shape index (κ2) is 8.04. The summed E-state index contributed by atoms with van der Waals surface area (Å²) in [5, 5.41) is 5.82. The van der Waals surface area contributed by atoms with Gasteiger partial charge in [-0.25, -0.2) is 9.97 Å². The quantitative estimate of drug-likeness (QED) is 0.693. The van der Waals surface area contributed by atoms with Gasteiger partial charge < -0.3 is 10.6 Å². The Morgan fingerprint density at radius 2 is 2.14 bits per heavy atom. The van der Waals surface area contributed by atoms with Gasteiger partial charge in [-0.15, -0.1) is 0 Å². The van der Waals surface area contributed by atoms with E-state index in [0.717, 1.165) is 22.6 Å². The molecule has 4 rings (SSSR count). The zero-order valence-corrected chi connectivity index (χ0v) is 15.3. The van der Waals surface area contributed by atoms with Crippen molar-refractivity contribution in [1.82, 2.24) is 19.9 Å². The summed E-state index contributed by atoms with van der Waals surface area (Å²) in [6.45, 7) is 0.412. The number of carbonyl (C=O) groups excluding carboxylic acids is 2.